The van der Waals surface area contributed by atoms with E-state index in [-0.39, 0.29) is 23.6 Å². The first kappa shape index (κ1) is 22.7. The van der Waals surface area contributed by atoms with Gasteiger partial charge in [0.15, 0.2) is 0 Å². The van der Waals surface area contributed by atoms with Crippen LogP contribution in [-0.2, 0) is 9.53 Å². The predicted octanol–water partition coefficient (Wildman–Crippen LogP) is 4.99. The fourth-order valence-corrected chi connectivity index (χ4v) is 6.83. The van der Waals surface area contributed by atoms with Crippen molar-refractivity contribution in [2.75, 3.05) is 6.61 Å². The molecule has 0 radical (unpaired) electrons. The third kappa shape index (κ3) is 4.50. The maximum atomic E-state index is 12.9. The molecule has 0 saturated carbocycles. The van der Waals surface area contributed by atoms with Crippen LogP contribution in [0.15, 0.2) is 54.6 Å². The van der Waals surface area contributed by atoms with Gasteiger partial charge >= 0.3 is 0 Å². The zero-order valence-electron chi connectivity index (χ0n) is 20.6. The molecule has 4 unspecified atom stereocenters. The largest absolute Gasteiger partial charge is 0.368 e. The Morgan fingerprint density at radius 3 is 2.86 bits per heavy atom. The van der Waals surface area contributed by atoms with Crippen molar-refractivity contribution in [2.45, 2.75) is 88.1 Å². The lowest BCUT2D eigenvalue weighted by molar-refractivity contribution is -0.130. The zero-order chi connectivity index (χ0) is 23.8. The van der Waals surface area contributed by atoms with Crippen molar-refractivity contribution < 1.29 is 9.53 Å². The molecular weight excluding hydrogens is 436 g/mol. The lowest BCUT2D eigenvalue weighted by atomic mass is 9.81. The molecule has 6 rings (SSSR count). The number of carbonyl (C=O) groups excluding carboxylic acids is 1. The molecule has 3 aromatic rings. The quantitative estimate of drug-likeness (QED) is 0.509. The summed E-state index contributed by atoms with van der Waals surface area (Å²) in [6.07, 6.45) is 8.11. The summed E-state index contributed by atoms with van der Waals surface area (Å²) in [5.74, 6) is 1.15. The van der Waals surface area contributed by atoms with Gasteiger partial charge in [-0.25, -0.2) is 4.98 Å². The Morgan fingerprint density at radius 1 is 1.20 bits per heavy atom. The summed E-state index contributed by atoms with van der Waals surface area (Å²) in [5.41, 5.74) is 3.62. The molecule has 5 atom stereocenters. The van der Waals surface area contributed by atoms with Gasteiger partial charge in [0.05, 0.1) is 17.1 Å². The topological polar surface area (TPSA) is 68.2 Å². The van der Waals surface area contributed by atoms with Crippen LogP contribution in [-0.4, -0.2) is 39.7 Å². The van der Waals surface area contributed by atoms with E-state index in [0.717, 1.165) is 49.9 Å². The molecule has 3 aliphatic rings. The molecular formula is C29H36N4O2. The fourth-order valence-electron chi connectivity index (χ4n) is 6.83. The van der Waals surface area contributed by atoms with Gasteiger partial charge in [0.25, 0.3) is 0 Å². The maximum absolute atomic E-state index is 12.9. The average Bonchev–Trinajstić information content (AvgIpc) is 3.60. The van der Waals surface area contributed by atoms with Crippen molar-refractivity contribution >= 4 is 16.9 Å². The number of rotatable bonds is 7. The molecule has 35 heavy (non-hydrogen) atoms. The molecule has 2 N–H and O–H groups in total. The number of imidazole rings is 1. The third-order valence-corrected chi connectivity index (χ3v) is 8.45. The van der Waals surface area contributed by atoms with Gasteiger partial charge in [-0.3, -0.25) is 4.79 Å². The molecule has 4 heterocycles. The van der Waals surface area contributed by atoms with E-state index in [4.69, 9.17) is 9.72 Å². The average molecular weight is 473 g/mol. The molecule has 2 aromatic carbocycles. The van der Waals surface area contributed by atoms with Gasteiger partial charge in [-0.05, 0) is 76.0 Å². The maximum Gasteiger partial charge on any atom is 0.249 e. The van der Waals surface area contributed by atoms with Crippen LogP contribution in [0.5, 0.6) is 0 Å². The van der Waals surface area contributed by atoms with E-state index in [1.54, 1.807) is 0 Å². The van der Waals surface area contributed by atoms with E-state index >= 15 is 0 Å². The Morgan fingerprint density at radius 2 is 2.03 bits per heavy atom. The highest BCUT2D eigenvalue weighted by Crippen LogP contribution is 2.45. The first-order valence-corrected chi connectivity index (χ1v) is 13.3. The van der Waals surface area contributed by atoms with Crippen LogP contribution in [0, 0.1) is 6.92 Å². The lowest BCUT2D eigenvalue weighted by Gasteiger charge is -2.41. The number of hydrogen-bond donors (Lipinski definition) is 2. The molecule has 184 valence electrons. The Balaban J connectivity index is 1.21. The van der Waals surface area contributed by atoms with Gasteiger partial charge in [-0.15, -0.1) is 0 Å². The monoisotopic (exact) mass is 472 g/mol. The van der Waals surface area contributed by atoms with Gasteiger partial charge in [0.2, 0.25) is 5.91 Å². The van der Waals surface area contributed by atoms with Crippen LogP contribution in [0.3, 0.4) is 0 Å². The Bertz CT molecular complexity index is 1190. The molecule has 0 aliphatic carbocycles. The van der Waals surface area contributed by atoms with Crippen molar-refractivity contribution in [2.24, 2.45) is 0 Å². The Labute approximate surface area is 207 Å². The van der Waals surface area contributed by atoms with Crippen LogP contribution in [0.25, 0.3) is 11.0 Å². The van der Waals surface area contributed by atoms with Gasteiger partial charge in [-0.2, -0.15) is 0 Å². The normalized spacial score (nSPS) is 28.9. The lowest BCUT2D eigenvalue weighted by Crippen LogP contribution is -2.50. The number of fused-ring (bicyclic) bond motifs is 3. The summed E-state index contributed by atoms with van der Waals surface area (Å²) < 4.78 is 8.15. The van der Waals surface area contributed by atoms with E-state index in [2.05, 4.69) is 70.7 Å². The van der Waals surface area contributed by atoms with Crippen LogP contribution >= 0.6 is 0 Å². The number of benzene rings is 2. The number of carbonyl (C=O) groups is 1. The van der Waals surface area contributed by atoms with Crippen molar-refractivity contribution in [3.63, 3.8) is 0 Å². The smallest absolute Gasteiger partial charge is 0.249 e. The highest BCUT2D eigenvalue weighted by Gasteiger charge is 2.46. The van der Waals surface area contributed by atoms with E-state index in [0.29, 0.717) is 18.7 Å². The van der Waals surface area contributed by atoms with Gasteiger partial charge in [0.1, 0.15) is 11.9 Å². The van der Waals surface area contributed by atoms with Crippen molar-refractivity contribution in [1.29, 1.82) is 0 Å². The summed E-state index contributed by atoms with van der Waals surface area (Å²) in [7, 11) is 0. The molecule has 1 amide bonds. The van der Waals surface area contributed by atoms with E-state index in [9.17, 15) is 4.79 Å². The first-order chi connectivity index (χ1) is 17.1. The number of para-hydroxylation sites is 2. The van der Waals surface area contributed by atoms with Gasteiger partial charge < -0.3 is 19.9 Å². The number of hydrogen-bond acceptors (Lipinski definition) is 4. The van der Waals surface area contributed by atoms with Crippen molar-refractivity contribution in [3.05, 3.63) is 66.0 Å². The minimum atomic E-state index is -0.301. The summed E-state index contributed by atoms with van der Waals surface area (Å²) >= 11 is 0. The van der Waals surface area contributed by atoms with E-state index in [1.165, 1.54) is 23.9 Å². The summed E-state index contributed by atoms with van der Waals surface area (Å²) in [4.78, 5) is 17.8. The van der Waals surface area contributed by atoms with Crippen molar-refractivity contribution in [3.8, 4) is 0 Å². The second kappa shape index (κ2) is 9.40. The minimum Gasteiger partial charge on any atom is -0.368 e. The second-order valence-electron chi connectivity index (χ2n) is 10.8. The number of aryl methyl sites for hydroxylation is 1. The summed E-state index contributed by atoms with van der Waals surface area (Å²) in [5, 5.41) is 7.34. The number of aromatic nitrogens is 2. The molecule has 3 fully saturated rings. The summed E-state index contributed by atoms with van der Waals surface area (Å²) in [6, 6.07) is 19.9. The standard InChI is InChI=1S/C29H36N4O2/c1-20-30-25-10-5-6-11-26(25)33(20)23-18-22-13-15-29(19-23,32-22)16-14-24(21-8-3-2-4-9-21)31-28(34)27-12-7-17-35-27/h2-6,8-11,22-24,27,32H,7,12-19H2,1H3,(H,31,34)/t22?,23?,24-,27?,29?/m0/s1. The molecule has 0 spiro atoms. The number of piperidine rings is 1. The number of ether oxygens (including phenoxy) is 1. The first-order valence-electron chi connectivity index (χ1n) is 13.3. The number of amides is 1. The highest BCUT2D eigenvalue weighted by atomic mass is 16.5. The Hall–Kier alpha value is -2.70. The number of nitrogens with zero attached hydrogens (tertiary/aromatic N) is 2. The molecule has 3 aliphatic heterocycles. The van der Waals surface area contributed by atoms with E-state index < -0.39 is 0 Å². The van der Waals surface area contributed by atoms with Crippen LogP contribution in [0.1, 0.15) is 74.8 Å². The minimum absolute atomic E-state index is 0.000636. The SMILES string of the molecule is Cc1nc2ccccc2n1C1CC2CCC(CC[C@H](NC(=O)C3CCCO3)c3ccccc3)(C1)N2. The fraction of sp³-hybridized carbons (Fsp3) is 0.517. The van der Waals surface area contributed by atoms with Crippen LogP contribution < -0.4 is 10.6 Å². The molecule has 1 aromatic heterocycles. The van der Waals surface area contributed by atoms with Gasteiger partial charge in [0, 0.05) is 24.2 Å². The predicted molar refractivity (Wildman–Crippen MR) is 137 cm³/mol. The zero-order valence-corrected chi connectivity index (χ0v) is 20.6. The molecule has 2 bridgehead atoms. The van der Waals surface area contributed by atoms with Crippen molar-refractivity contribution in [1.82, 2.24) is 20.2 Å². The molecule has 6 nitrogen and oxygen atoms in total. The number of nitrogens with one attached hydrogen (secondary N) is 2. The highest BCUT2D eigenvalue weighted by molar-refractivity contribution is 5.81. The summed E-state index contributed by atoms with van der Waals surface area (Å²) in [6.45, 7) is 2.83. The van der Waals surface area contributed by atoms with Crippen LogP contribution in [0.4, 0.5) is 0 Å². The third-order valence-electron chi connectivity index (χ3n) is 8.45. The Kier molecular flexibility index (Phi) is 6.11. The van der Waals surface area contributed by atoms with Gasteiger partial charge in [-0.1, -0.05) is 42.5 Å². The molecule has 6 heteroatoms. The molecule has 3 saturated heterocycles. The van der Waals surface area contributed by atoms with Crippen LogP contribution in [0.2, 0.25) is 0 Å². The van der Waals surface area contributed by atoms with E-state index in [1.807, 2.05) is 6.07 Å². The second-order valence-corrected chi connectivity index (χ2v) is 10.8.